The molecule has 0 unspecified atom stereocenters. The molecule has 3 rings (SSSR count). The highest BCUT2D eigenvalue weighted by Crippen LogP contribution is 2.35. The third kappa shape index (κ3) is 6.89. The van der Waals surface area contributed by atoms with Crippen LogP contribution in [0.25, 0.3) is 10.9 Å². The standard InChI is InChI=1S/C28H34BrN3O8S/c1-26(2,3)16-10-12-17(13-11-16)41(37,38)32(25(36)40-28(7,8)9)20-14-18-19(15-30-20)31(22(21(18)29)23(33)34)24(35)39-27(4,5)6/h10-15H,1-9H3,(H,33,34). The normalized spacial score (nSPS) is 12.7. The molecule has 0 aliphatic rings. The summed E-state index contributed by atoms with van der Waals surface area (Å²) in [5.74, 6) is -1.82. The average Bonchev–Trinajstić information content (AvgIpc) is 3.08. The van der Waals surface area contributed by atoms with E-state index < -0.39 is 45.1 Å². The summed E-state index contributed by atoms with van der Waals surface area (Å²) in [6, 6.07) is 7.30. The Morgan fingerprint density at radius 2 is 1.46 bits per heavy atom. The van der Waals surface area contributed by atoms with Crippen LogP contribution >= 0.6 is 15.9 Å². The number of hydrogen-bond acceptors (Lipinski definition) is 8. The van der Waals surface area contributed by atoms with E-state index in [0.29, 0.717) is 4.31 Å². The van der Waals surface area contributed by atoms with E-state index >= 15 is 0 Å². The minimum atomic E-state index is -4.56. The van der Waals surface area contributed by atoms with Gasteiger partial charge in [0.25, 0.3) is 10.0 Å². The third-order valence-electron chi connectivity index (χ3n) is 5.58. The number of hydrogen-bond donors (Lipinski definition) is 1. The number of sulfonamides is 1. The lowest BCUT2D eigenvalue weighted by Gasteiger charge is -2.27. The molecule has 0 spiro atoms. The van der Waals surface area contributed by atoms with Crippen molar-refractivity contribution in [1.82, 2.24) is 9.55 Å². The number of carboxylic acids is 1. The number of fused-ring (bicyclic) bond motifs is 1. The smallest absolute Gasteiger partial charge is 0.430 e. The Bertz CT molecular complexity index is 1620. The fourth-order valence-corrected chi connectivity index (χ4v) is 5.72. The van der Waals surface area contributed by atoms with E-state index in [1.54, 1.807) is 53.7 Å². The number of pyridine rings is 1. The molecule has 0 saturated carbocycles. The maximum atomic E-state index is 13.9. The molecule has 13 heteroatoms. The van der Waals surface area contributed by atoms with Crippen molar-refractivity contribution in [2.24, 2.45) is 0 Å². The van der Waals surface area contributed by atoms with E-state index in [1.165, 1.54) is 18.2 Å². The van der Waals surface area contributed by atoms with E-state index in [4.69, 9.17) is 9.47 Å². The molecule has 0 aliphatic heterocycles. The minimum Gasteiger partial charge on any atom is -0.477 e. The number of carboxylic acid groups (broad SMARTS) is 1. The summed E-state index contributed by atoms with van der Waals surface area (Å²) in [6.07, 6.45) is -1.09. The van der Waals surface area contributed by atoms with Crippen molar-refractivity contribution in [3.8, 4) is 0 Å². The van der Waals surface area contributed by atoms with Crippen LogP contribution < -0.4 is 4.31 Å². The monoisotopic (exact) mass is 651 g/mol. The van der Waals surface area contributed by atoms with Crippen LogP contribution in [0.5, 0.6) is 0 Å². The predicted molar refractivity (Wildman–Crippen MR) is 157 cm³/mol. The van der Waals surface area contributed by atoms with Gasteiger partial charge in [0.15, 0.2) is 11.5 Å². The van der Waals surface area contributed by atoms with E-state index in [9.17, 15) is 27.9 Å². The number of rotatable bonds is 4. The van der Waals surface area contributed by atoms with Gasteiger partial charge in [-0.15, -0.1) is 0 Å². The molecule has 0 radical (unpaired) electrons. The first-order chi connectivity index (χ1) is 18.5. The maximum absolute atomic E-state index is 13.9. The topological polar surface area (TPSA) is 145 Å². The number of anilines is 1. The van der Waals surface area contributed by atoms with Gasteiger partial charge in [0, 0.05) is 5.39 Å². The van der Waals surface area contributed by atoms with Crippen molar-refractivity contribution < 1.29 is 37.4 Å². The van der Waals surface area contributed by atoms with Crippen LogP contribution in [0.15, 0.2) is 45.9 Å². The summed E-state index contributed by atoms with van der Waals surface area (Å²) < 4.78 is 39.8. The average molecular weight is 653 g/mol. The van der Waals surface area contributed by atoms with Crippen molar-refractivity contribution in [3.05, 3.63) is 52.3 Å². The Hall–Kier alpha value is -3.45. The number of benzene rings is 1. The molecule has 0 fully saturated rings. The van der Waals surface area contributed by atoms with Crippen LogP contribution in [-0.4, -0.2) is 52.4 Å². The number of ether oxygens (including phenoxy) is 2. The second-order valence-corrected chi connectivity index (χ2v) is 14.9. The summed E-state index contributed by atoms with van der Waals surface area (Å²) in [5.41, 5.74) is -1.79. The van der Waals surface area contributed by atoms with Crippen molar-refractivity contribution in [1.29, 1.82) is 0 Å². The van der Waals surface area contributed by atoms with Gasteiger partial charge in [0.1, 0.15) is 11.2 Å². The Kier molecular flexibility index (Phi) is 8.41. The van der Waals surface area contributed by atoms with Crippen LogP contribution in [0.4, 0.5) is 15.4 Å². The quantitative estimate of drug-likeness (QED) is 0.325. The van der Waals surface area contributed by atoms with Crippen LogP contribution in [-0.2, 0) is 24.9 Å². The van der Waals surface area contributed by atoms with E-state index in [0.717, 1.165) is 16.3 Å². The Balaban J connectivity index is 2.27. The van der Waals surface area contributed by atoms with Gasteiger partial charge >= 0.3 is 18.2 Å². The Labute approximate surface area is 247 Å². The largest absolute Gasteiger partial charge is 0.477 e. The van der Waals surface area contributed by atoms with E-state index in [1.807, 2.05) is 20.8 Å². The molecule has 0 bridgehead atoms. The van der Waals surface area contributed by atoms with Crippen LogP contribution in [0.3, 0.4) is 0 Å². The molecule has 11 nitrogen and oxygen atoms in total. The zero-order valence-corrected chi connectivity index (χ0v) is 26.8. The summed E-state index contributed by atoms with van der Waals surface area (Å²) >= 11 is 3.22. The van der Waals surface area contributed by atoms with Gasteiger partial charge in [-0.25, -0.2) is 32.4 Å². The maximum Gasteiger partial charge on any atom is 0.430 e. The third-order valence-corrected chi connectivity index (χ3v) is 8.07. The number of aromatic carboxylic acids is 1. The highest BCUT2D eigenvalue weighted by molar-refractivity contribution is 9.10. The first-order valence-electron chi connectivity index (χ1n) is 12.6. The van der Waals surface area contributed by atoms with Gasteiger partial charge in [0.05, 0.1) is 21.1 Å². The van der Waals surface area contributed by atoms with Gasteiger partial charge < -0.3 is 14.6 Å². The summed E-state index contributed by atoms with van der Waals surface area (Å²) in [4.78, 5) is 42.5. The lowest BCUT2D eigenvalue weighted by Crippen LogP contribution is -2.41. The summed E-state index contributed by atoms with van der Waals surface area (Å²) in [5, 5.41) is 9.99. The van der Waals surface area contributed by atoms with Crippen LogP contribution in [0, 0.1) is 0 Å². The number of aromatic nitrogens is 2. The summed E-state index contributed by atoms with van der Waals surface area (Å²) in [7, 11) is -4.56. The molecule has 0 atom stereocenters. The van der Waals surface area contributed by atoms with Crippen LogP contribution in [0.1, 0.15) is 78.4 Å². The number of amides is 1. The van der Waals surface area contributed by atoms with E-state index in [-0.39, 0.29) is 31.5 Å². The van der Waals surface area contributed by atoms with Gasteiger partial charge in [-0.2, -0.15) is 4.31 Å². The lowest BCUT2D eigenvalue weighted by molar-refractivity contribution is 0.0511. The summed E-state index contributed by atoms with van der Waals surface area (Å²) in [6.45, 7) is 15.6. The van der Waals surface area contributed by atoms with Gasteiger partial charge in [-0.05, 0) is 86.6 Å². The number of nitrogens with zero attached hydrogens (tertiary/aromatic N) is 3. The lowest BCUT2D eigenvalue weighted by atomic mass is 9.87. The fourth-order valence-electron chi connectivity index (χ4n) is 3.79. The first kappa shape index (κ1) is 32.1. The zero-order chi connectivity index (χ0) is 31.3. The first-order valence-corrected chi connectivity index (χ1v) is 14.8. The molecule has 222 valence electrons. The molecule has 2 aromatic heterocycles. The molecule has 41 heavy (non-hydrogen) atoms. The molecular formula is C28H34BrN3O8S. The number of carbonyl (C=O) groups is 3. The minimum absolute atomic E-state index is 0.0170. The predicted octanol–water partition coefficient (Wildman–Crippen LogP) is 6.71. The SMILES string of the molecule is CC(C)(C)OC(=O)N(c1cc2c(Br)c(C(=O)O)n(C(=O)OC(C)(C)C)c2cn1)S(=O)(=O)c1ccc(C(C)(C)C)cc1. The Morgan fingerprint density at radius 3 is 1.93 bits per heavy atom. The zero-order valence-electron chi connectivity index (χ0n) is 24.4. The highest BCUT2D eigenvalue weighted by Gasteiger charge is 2.37. The van der Waals surface area contributed by atoms with Gasteiger partial charge in [0.2, 0.25) is 0 Å². The molecule has 0 aliphatic carbocycles. The molecule has 1 amide bonds. The second kappa shape index (κ2) is 10.8. The van der Waals surface area contributed by atoms with Gasteiger partial charge in [-0.3, -0.25) is 0 Å². The molecule has 0 saturated heterocycles. The van der Waals surface area contributed by atoms with Gasteiger partial charge in [-0.1, -0.05) is 32.9 Å². The number of halogens is 1. The molecule has 3 aromatic rings. The molecule has 2 heterocycles. The second-order valence-electron chi connectivity index (χ2n) is 12.4. The van der Waals surface area contributed by atoms with E-state index in [2.05, 4.69) is 20.9 Å². The van der Waals surface area contributed by atoms with Crippen molar-refractivity contribution >= 4 is 60.8 Å². The fraction of sp³-hybridized carbons (Fsp3) is 0.429. The molecular weight excluding hydrogens is 618 g/mol. The molecule has 1 aromatic carbocycles. The Morgan fingerprint density at radius 1 is 0.927 bits per heavy atom. The van der Waals surface area contributed by atoms with Crippen molar-refractivity contribution in [2.75, 3.05) is 4.31 Å². The van der Waals surface area contributed by atoms with Crippen LogP contribution in [0.2, 0.25) is 0 Å². The molecule has 1 N–H and O–H groups in total. The van der Waals surface area contributed by atoms with Crippen molar-refractivity contribution in [2.45, 2.75) is 83.8 Å². The number of carbonyl (C=O) groups excluding carboxylic acids is 2. The van der Waals surface area contributed by atoms with Crippen molar-refractivity contribution in [3.63, 3.8) is 0 Å². The highest BCUT2D eigenvalue weighted by atomic mass is 79.9.